The van der Waals surface area contributed by atoms with E-state index in [1.807, 2.05) is 0 Å². The van der Waals surface area contributed by atoms with Crippen LogP contribution in [0.3, 0.4) is 0 Å². The average molecular weight is 296 g/mol. The van der Waals surface area contributed by atoms with Crippen LogP contribution in [0.5, 0.6) is 0 Å². The van der Waals surface area contributed by atoms with Crippen molar-refractivity contribution in [2.24, 2.45) is 0 Å². The third-order valence-electron chi connectivity index (χ3n) is 3.54. The Bertz CT molecular complexity index is 469. The molecule has 0 N–H and O–H groups in total. The molecule has 21 heavy (non-hydrogen) atoms. The van der Waals surface area contributed by atoms with Crippen LogP contribution in [-0.4, -0.2) is 48.6 Å². The van der Waals surface area contributed by atoms with Crippen LogP contribution in [0.25, 0.3) is 0 Å². The van der Waals surface area contributed by atoms with Crippen LogP contribution >= 0.6 is 0 Å². The van der Waals surface area contributed by atoms with Crippen LogP contribution in [0.15, 0.2) is 25.3 Å². The van der Waals surface area contributed by atoms with Gasteiger partial charge in [-0.05, 0) is 13.8 Å². The largest absolute Gasteiger partial charge is 0.450 e. The number of ketones is 1. The summed E-state index contributed by atoms with van der Waals surface area (Å²) in [5, 5.41) is 0. The number of hydrogen-bond acceptors (Lipinski definition) is 6. The van der Waals surface area contributed by atoms with Crippen molar-refractivity contribution in [1.29, 1.82) is 0 Å². The zero-order valence-electron chi connectivity index (χ0n) is 12.3. The maximum absolute atomic E-state index is 12.3. The minimum Gasteiger partial charge on any atom is -0.450 e. The molecule has 2 heterocycles. The fraction of sp³-hybridized carbons (Fsp3) is 0.600. The number of esters is 1. The summed E-state index contributed by atoms with van der Waals surface area (Å²) in [7, 11) is 0. The van der Waals surface area contributed by atoms with Crippen molar-refractivity contribution < 1.29 is 28.5 Å². The van der Waals surface area contributed by atoms with Crippen LogP contribution in [0.1, 0.15) is 20.3 Å². The van der Waals surface area contributed by atoms with Gasteiger partial charge in [-0.25, -0.2) is 4.79 Å². The van der Waals surface area contributed by atoms with Crippen molar-refractivity contribution in [2.75, 3.05) is 13.2 Å². The van der Waals surface area contributed by atoms with Crippen molar-refractivity contribution in [1.82, 2.24) is 0 Å². The Morgan fingerprint density at radius 3 is 2.57 bits per heavy atom. The summed E-state index contributed by atoms with van der Waals surface area (Å²) in [6.07, 6.45) is 1.75. The SMILES string of the molecule is C=CCO[C@]1(CC=C)C(=O)C(=O)OC1C1COC(C)(C)O1. The highest BCUT2D eigenvalue weighted by Crippen LogP contribution is 2.38. The highest BCUT2D eigenvalue weighted by atomic mass is 16.8. The van der Waals surface area contributed by atoms with Crippen LogP contribution in [-0.2, 0) is 28.5 Å². The quantitative estimate of drug-likeness (QED) is 0.416. The fourth-order valence-corrected chi connectivity index (χ4v) is 2.64. The van der Waals surface area contributed by atoms with Crippen molar-refractivity contribution in [3.63, 3.8) is 0 Å². The van der Waals surface area contributed by atoms with Crippen LogP contribution < -0.4 is 0 Å². The molecule has 0 spiro atoms. The first-order valence-electron chi connectivity index (χ1n) is 6.79. The molecular weight excluding hydrogens is 276 g/mol. The monoisotopic (exact) mass is 296 g/mol. The second kappa shape index (κ2) is 5.71. The highest BCUT2D eigenvalue weighted by molar-refractivity contribution is 6.39. The van der Waals surface area contributed by atoms with Gasteiger partial charge in [0.05, 0.1) is 13.2 Å². The van der Waals surface area contributed by atoms with Crippen molar-refractivity contribution >= 4 is 11.8 Å². The number of ether oxygens (including phenoxy) is 4. The van der Waals surface area contributed by atoms with Gasteiger partial charge in [-0.3, -0.25) is 4.79 Å². The molecule has 0 aromatic carbocycles. The molecular formula is C15H20O6. The molecule has 0 bridgehead atoms. The lowest BCUT2D eigenvalue weighted by Crippen LogP contribution is -2.53. The van der Waals surface area contributed by atoms with Gasteiger partial charge >= 0.3 is 5.97 Å². The summed E-state index contributed by atoms with van der Waals surface area (Å²) in [5.41, 5.74) is -1.43. The number of Topliss-reactive ketones (excluding diaryl/α,β-unsaturated/α-hetero) is 1. The summed E-state index contributed by atoms with van der Waals surface area (Å²) >= 11 is 0. The van der Waals surface area contributed by atoms with Crippen molar-refractivity contribution in [3.8, 4) is 0 Å². The first kappa shape index (κ1) is 15.9. The van der Waals surface area contributed by atoms with E-state index in [-0.39, 0.29) is 19.6 Å². The Balaban J connectivity index is 2.31. The lowest BCUT2D eigenvalue weighted by atomic mass is 9.87. The topological polar surface area (TPSA) is 71.1 Å². The van der Waals surface area contributed by atoms with Gasteiger partial charge in [0, 0.05) is 6.42 Å². The van der Waals surface area contributed by atoms with Gasteiger partial charge in [-0.1, -0.05) is 12.2 Å². The molecule has 0 radical (unpaired) electrons. The van der Waals surface area contributed by atoms with Crippen molar-refractivity contribution in [2.45, 2.75) is 43.9 Å². The molecule has 116 valence electrons. The third-order valence-corrected chi connectivity index (χ3v) is 3.54. The molecule has 3 atom stereocenters. The maximum Gasteiger partial charge on any atom is 0.378 e. The van der Waals surface area contributed by atoms with E-state index in [1.165, 1.54) is 12.2 Å². The molecule has 2 fully saturated rings. The van der Waals surface area contributed by atoms with Gasteiger partial charge in [-0.15, -0.1) is 13.2 Å². The van der Waals surface area contributed by atoms with Gasteiger partial charge in [0.15, 0.2) is 17.5 Å². The molecule has 2 aliphatic heterocycles. The molecule has 0 aromatic heterocycles. The fourth-order valence-electron chi connectivity index (χ4n) is 2.64. The first-order valence-corrected chi connectivity index (χ1v) is 6.79. The molecule has 2 saturated heterocycles. The Morgan fingerprint density at radius 1 is 1.33 bits per heavy atom. The lowest BCUT2D eigenvalue weighted by molar-refractivity contribution is -0.180. The molecule has 6 heteroatoms. The predicted molar refractivity (Wildman–Crippen MR) is 73.5 cm³/mol. The summed E-state index contributed by atoms with van der Waals surface area (Å²) < 4.78 is 22.1. The lowest BCUT2D eigenvalue weighted by Gasteiger charge is -2.32. The van der Waals surface area contributed by atoms with E-state index in [0.717, 1.165) is 0 Å². The molecule has 2 rings (SSSR count). The van der Waals surface area contributed by atoms with Gasteiger partial charge < -0.3 is 18.9 Å². The van der Waals surface area contributed by atoms with Crippen LogP contribution in [0.4, 0.5) is 0 Å². The maximum atomic E-state index is 12.3. The molecule has 2 aliphatic rings. The summed E-state index contributed by atoms with van der Waals surface area (Å²) in [4.78, 5) is 24.0. The van der Waals surface area contributed by atoms with E-state index in [4.69, 9.17) is 18.9 Å². The Morgan fingerprint density at radius 2 is 2.05 bits per heavy atom. The van der Waals surface area contributed by atoms with E-state index >= 15 is 0 Å². The highest BCUT2D eigenvalue weighted by Gasteiger charge is 2.62. The summed E-state index contributed by atoms with van der Waals surface area (Å²) in [5.74, 6) is -2.43. The average Bonchev–Trinajstić information content (AvgIpc) is 2.90. The Hall–Kier alpha value is -1.50. The number of cyclic esters (lactones) is 1. The van der Waals surface area contributed by atoms with E-state index in [1.54, 1.807) is 13.8 Å². The standard InChI is InChI=1S/C15H20O6/c1-5-7-15(18-8-6-2)11(16)13(17)20-12(15)10-9-19-14(3,4)21-10/h5-6,10,12H,1-2,7-9H2,3-4H3/t10?,12?,15-/m1/s1. The van der Waals surface area contributed by atoms with E-state index in [2.05, 4.69) is 13.2 Å². The molecule has 0 saturated carbocycles. The number of carbonyl (C=O) groups excluding carboxylic acids is 2. The first-order chi connectivity index (χ1) is 9.86. The molecule has 2 unspecified atom stereocenters. The van der Waals surface area contributed by atoms with E-state index in [0.29, 0.717) is 0 Å². The van der Waals surface area contributed by atoms with Gasteiger partial charge in [0.2, 0.25) is 0 Å². The third kappa shape index (κ3) is 2.79. The number of carbonyl (C=O) groups is 2. The van der Waals surface area contributed by atoms with Crippen LogP contribution in [0, 0.1) is 0 Å². The second-order valence-corrected chi connectivity index (χ2v) is 5.50. The molecule has 0 amide bonds. The smallest absolute Gasteiger partial charge is 0.378 e. The van der Waals surface area contributed by atoms with E-state index in [9.17, 15) is 9.59 Å². The minimum absolute atomic E-state index is 0.115. The molecule has 6 nitrogen and oxygen atoms in total. The Labute approximate surface area is 123 Å². The minimum atomic E-state index is -1.43. The van der Waals surface area contributed by atoms with Gasteiger partial charge in [0.1, 0.15) is 6.10 Å². The number of rotatable bonds is 6. The zero-order chi connectivity index (χ0) is 15.7. The molecule has 0 aliphatic carbocycles. The van der Waals surface area contributed by atoms with Crippen LogP contribution in [0.2, 0.25) is 0 Å². The zero-order valence-corrected chi connectivity index (χ0v) is 12.3. The summed E-state index contributed by atoms with van der Waals surface area (Å²) in [6.45, 7) is 11.0. The van der Waals surface area contributed by atoms with Gasteiger partial charge in [-0.2, -0.15) is 0 Å². The normalized spacial score (nSPS) is 34.8. The second-order valence-electron chi connectivity index (χ2n) is 5.50. The predicted octanol–water partition coefficient (Wildman–Crippen LogP) is 1.15. The Kier molecular flexibility index (Phi) is 4.32. The van der Waals surface area contributed by atoms with E-state index < -0.39 is 35.3 Å². The van der Waals surface area contributed by atoms with Gasteiger partial charge in [0.25, 0.3) is 5.78 Å². The molecule has 0 aromatic rings. The van der Waals surface area contributed by atoms with Crippen molar-refractivity contribution in [3.05, 3.63) is 25.3 Å². The summed E-state index contributed by atoms with van der Waals surface area (Å²) in [6, 6.07) is 0. The number of hydrogen-bond donors (Lipinski definition) is 0.